The Morgan fingerprint density at radius 2 is 0.721 bits per heavy atom. The van der Waals surface area contributed by atoms with E-state index in [1.165, 1.54) is 27.5 Å². The Hall–Kier alpha value is -8.14. The van der Waals surface area contributed by atoms with Crippen LogP contribution in [0.5, 0.6) is 0 Å². The van der Waals surface area contributed by atoms with Gasteiger partial charge in [-0.25, -0.2) is 0 Å². The highest BCUT2D eigenvalue weighted by molar-refractivity contribution is 6.11. The fraction of sp³-hybridized carbons (Fsp3) is 0. The second kappa shape index (κ2) is 14.3. The predicted molar refractivity (Wildman–Crippen MR) is 255 cm³/mol. The zero-order valence-electron chi connectivity index (χ0n) is 33.1. The molecule has 3 heteroatoms. The van der Waals surface area contributed by atoms with E-state index in [0.717, 1.165) is 88.8 Å². The summed E-state index contributed by atoms with van der Waals surface area (Å²) in [7, 11) is 0. The van der Waals surface area contributed by atoms with Gasteiger partial charge in [-0.2, -0.15) is 0 Å². The summed E-state index contributed by atoms with van der Waals surface area (Å²) in [6.45, 7) is 0. The summed E-state index contributed by atoms with van der Waals surface area (Å²) >= 11 is 0. The van der Waals surface area contributed by atoms with Crippen LogP contribution in [0.25, 0.3) is 99.2 Å². The van der Waals surface area contributed by atoms with Gasteiger partial charge in [-0.1, -0.05) is 176 Å². The Morgan fingerprint density at radius 1 is 0.279 bits per heavy atom. The standard InChI is InChI=1S/C58H37NO2/c1-2-14-41-37-42(28-27-38(41)13-1)46-16-4-3-15-45(46)39-29-33-43(34-30-39)59(44-35-31-40(32-36-44)47-20-11-22-52-49-18-6-9-25-55(49)60-57(47)52)54-24-8-5-17-48(54)51-21-12-23-53-50-19-7-10-26-56(50)61-58(51)53/h1-37H. The van der Waals surface area contributed by atoms with Crippen LogP contribution < -0.4 is 4.90 Å². The summed E-state index contributed by atoms with van der Waals surface area (Å²) in [5.74, 6) is 0. The molecule has 0 radical (unpaired) electrons. The molecule has 0 aliphatic rings. The van der Waals surface area contributed by atoms with Gasteiger partial charge in [-0.15, -0.1) is 0 Å². The minimum Gasteiger partial charge on any atom is -0.455 e. The number of fused-ring (bicyclic) bond motifs is 7. The van der Waals surface area contributed by atoms with Crippen molar-refractivity contribution in [2.75, 3.05) is 4.90 Å². The van der Waals surface area contributed by atoms with Gasteiger partial charge in [0, 0.05) is 49.6 Å². The van der Waals surface area contributed by atoms with Gasteiger partial charge in [0.05, 0.1) is 5.69 Å². The van der Waals surface area contributed by atoms with Crippen molar-refractivity contribution in [1.82, 2.24) is 0 Å². The minimum atomic E-state index is 0.881. The van der Waals surface area contributed by atoms with Gasteiger partial charge in [0.1, 0.15) is 22.3 Å². The highest BCUT2D eigenvalue weighted by Crippen LogP contribution is 2.46. The molecule has 61 heavy (non-hydrogen) atoms. The topological polar surface area (TPSA) is 29.5 Å². The van der Waals surface area contributed by atoms with Crippen LogP contribution in [0.1, 0.15) is 0 Å². The van der Waals surface area contributed by atoms with E-state index in [-0.39, 0.29) is 0 Å². The molecule has 286 valence electrons. The first kappa shape index (κ1) is 34.9. The number of anilines is 3. The summed E-state index contributed by atoms with van der Waals surface area (Å²) in [4.78, 5) is 2.36. The molecule has 2 aromatic heterocycles. The van der Waals surface area contributed by atoms with Crippen molar-refractivity contribution in [3.05, 3.63) is 224 Å². The third kappa shape index (κ3) is 5.90. The maximum absolute atomic E-state index is 6.61. The molecule has 0 saturated carbocycles. The van der Waals surface area contributed by atoms with Crippen LogP contribution in [-0.2, 0) is 0 Å². The molecule has 0 amide bonds. The number of para-hydroxylation sites is 5. The van der Waals surface area contributed by atoms with Crippen molar-refractivity contribution in [2.24, 2.45) is 0 Å². The van der Waals surface area contributed by atoms with E-state index in [2.05, 4.69) is 205 Å². The van der Waals surface area contributed by atoms with E-state index in [1.54, 1.807) is 0 Å². The summed E-state index contributed by atoms with van der Waals surface area (Å²) in [6, 6.07) is 79.9. The third-order valence-corrected chi connectivity index (χ3v) is 12.1. The van der Waals surface area contributed by atoms with Gasteiger partial charge in [-0.3, -0.25) is 0 Å². The maximum atomic E-state index is 6.61. The van der Waals surface area contributed by atoms with Crippen LogP contribution in [0.3, 0.4) is 0 Å². The molecule has 0 N–H and O–H groups in total. The molecule has 0 bridgehead atoms. The van der Waals surface area contributed by atoms with E-state index in [4.69, 9.17) is 8.83 Å². The molecule has 3 nitrogen and oxygen atoms in total. The van der Waals surface area contributed by atoms with Crippen molar-refractivity contribution >= 4 is 71.7 Å². The van der Waals surface area contributed by atoms with Gasteiger partial charge in [-0.05, 0) is 87.1 Å². The lowest BCUT2D eigenvalue weighted by Crippen LogP contribution is -2.11. The second-order valence-corrected chi connectivity index (χ2v) is 15.6. The molecule has 0 aliphatic heterocycles. The molecule has 12 aromatic rings. The van der Waals surface area contributed by atoms with Crippen LogP contribution in [0.15, 0.2) is 233 Å². The van der Waals surface area contributed by atoms with Crippen molar-refractivity contribution in [1.29, 1.82) is 0 Å². The van der Waals surface area contributed by atoms with E-state index >= 15 is 0 Å². The number of hydrogen-bond acceptors (Lipinski definition) is 3. The first-order valence-electron chi connectivity index (χ1n) is 20.7. The SMILES string of the molecule is c1ccc(-c2ccc3ccccc3c2)c(-c2ccc(N(c3ccc(-c4cccc5c4oc4ccccc45)cc3)c3ccccc3-c3cccc4c3oc3ccccc34)cc2)c1. The lowest BCUT2D eigenvalue weighted by molar-refractivity contribution is 0.669. The smallest absolute Gasteiger partial charge is 0.143 e. The predicted octanol–water partition coefficient (Wildman–Crippen LogP) is 16.8. The highest BCUT2D eigenvalue weighted by atomic mass is 16.3. The monoisotopic (exact) mass is 779 g/mol. The zero-order valence-corrected chi connectivity index (χ0v) is 33.1. The van der Waals surface area contributed by atoms with E-state index in [9.17, 15) is 0 Å². The van der Waals surface area contributed by atoms with E-state index in [0.29, 0.717) is 0 Å². The number of furan rings is 2. The van der Waals surface area contributed by atoms with Crippen LogP contribution in [0.2, 0.25) is 0 Å². The average molecular weight is 780 g/mol. The van der Waals surface area contributed by atoms with Gasteiger partial charge < -0.3 is 13.7 Å². The molecule has 0 spiro atoms. The third-order valence-electron chi connectivity index (χ3n) is 12.1. The quantitative estimate of drug-likeness (QED) is 0.161. The van der Waals surface area contributed by atoms with E-state index in [1.807, 2.05) is 24.3 Å². The van der Waals surface area contributed by atoms with Gasteiger partial charge in [0.15, 0.2) is 0 Å². The zero-order chi connectivity index (χ0) is 40.3. The molecule has 0 fully saturated rings. The molecular formula is C58H37NO2. The molecule has 10 aromatic carbocycles. The summed E-state index contributed by atoms with van der Waals surface area (Å²) in [6.07, 6.45) is 0. The van der Waals surface area contributed by atoms with Gasteiger partial charge in [0.2, 0.25) is 0 Å². The first-order chi connectivity index (χ1) is 30.2. The first-order valence-corrected chi connectivity index (χ1v) is 20.7. The summed E-state index contributed by atoms with van der Waals surface area (Å²) < 4.78 is 13.1. The Kier molecular flexibility index (Phi) is 8.17. The fourth-order valence-corrected chi connectivity index (χ4v) is 9.18. The second-order valence-electron chi connectivity index (χ2n) is 15.6. The molecule has 0 atom stereocenters. The van der Waals surface area contributed by atoms with Crippen LogP contribution in [-0.4, -0.2) is 0 Å². The van der Waals surface area contributed by atoms with Crippen LogP contribution >= 0.6 is 0 Å². The van der Waals surface area contributed by atoms with Crippen LogP contribution in [0.4, 0.5) is 17.1 Å². The van der Waals surface area contributed by atoms with Crippen molar-refractivity contribution in [3.8, 4) is 44.5 Å². The maximum Gasteiger partial charge on any atom is 0.143 e. The van der Waals surface area contributed by atoms with Crippen LogP contribution in [0, 0.1) is 0 Å². The van der Waals surface area contributed by atoms with Crippen molar-refractivity contribution in [2.45, 2.75) is 0 Å². The molecule has 2 heterocycles. The largest absolute Gasteiger partial charge is 0.455 e. The van der Waals surface area contributed by atoms with Crippen molar-refractivity contribution in [3.63, 3.8) is 0 Å². The Balaban J connectivity index is 1.000. The number of rotatable bonds is 7. The Bertz CT molecular complexity index is 3590. The van der Waals surface area contributed by atoms with Gasteiger partial charge in [0.25, 0.3) is 0 Å². The fourth-order valence-electron chi connectivity index (χ4n) is 9.18. The normalized spacial score (nSPS) is 11.6. The summed E-state index contributed by atoms with van der Waals surface area (Å²) in [5.41, 5.74) is 15.7. The molecule has 0 saturated heterocycles. The lowest BCUT2D eigenvalue weighted by atomic mass is 9.93. The van der Waals surface area contributed by atoms with E-state index < -0.39 is 0 Å². The Morgan fingerprint density at radius 3 is 1.38 bits per heavy atom. The number of hydrogen-bond donors (Lipinski definition) is 0. The minimum absolute atomic E-state index is 0.881. The number of nitrogens with zero attached hydrogens (tertiary/aromatic N) is 1. The molecule has 0 aliphatic carbocycles. The summed E-state index contributed by atoms with van der Waals surface area (Å²) in [5, 5.41) is 6.94. The average Bonchev–Trinajstić information content (AvgIpc) is 3.91. The van der Waals surface area contributed by atoms with Gasteiger partial charge >= 0.3 is 0 Å². The molecular weight excluding hydrogens is 743 g/mol. The van der Waals surface area contributed by atoms with Crippen molar-refractivity contribution < 1.29 is 8.83 Å². The lowest BCUT2D eigenvalue weighted by Gasteiger charge is -2.28. The molecule has 12 rings (SSSR count). The Labute approximate surface area is 353 Å². The highest BCUT2D eigenvalue weighted by Gasteiger charge is 2.21. The molecule has 0 unspecified atom stereocenters. The number of benzene rings is 10.